The number of ether oxygens (including phenoxy) is 1. The van der Waals surface area contributed by atoms with E-state index in [9.17, 15) is 4.39 Å². The summed E-state index contributed by atoms with van der Waals surface area (Å²) in [5.41, 5.74) is 0. The summed E-state index contributed by atoms with van der Waals surface area (Å²) < 4.78 is 16.6. The highest BCUT2D eigenvalue weighted by Crippen LogP contribution is 2.15. The quantitative estimate of drug-likeness (QED) is 0.685. The maximum Gasteiger partial charge on any atom is 0.123 e. The van der Waals surface area contributed by atoms with Crippen molar-refractivity contribution in [3.63, 3.8) is 0 Å². The van der Waals surface area contributed by atoms with Gasteiger partial charge in [0.15, 0.2) is 0 Å². The molecule has 11 heavy (non-hydrogen) atoms. The van der Waals surface area contributed by atoms with Crippen molar-refractivity contribution in [1.82, 2.24) is 0 Å². The van der Waals surface area contributed by atoms with Crippen molar-refractivity contribution < 1.29 is 9.13 Å². The average molecular weight is 175 g/mol. The zero-order valence-corrected chi connectivity index (χ0v) is 6.64. The van der Waals surface area contributed by atoms with E-state index in [-0.39, 0.29) is 6.61 Å². The van der Waals surface area contributed by atoms with Gasteiger partial charge in [-0.2, -0.15) is 0 Å². The first-order valence-corrected chi connectivity index (χ1v) is 3.65. The van der Waals surface area contributed by atoms with Crippen LogP contribution in [0.15, 0.2) is 24.3 Å². The van der Waals surface area contributed by atoms with Gasteiger partial charge >= 0.3 is 0 Å². The Hall–Kier alpha value is -0.760. The fraction of sp³-hybridized carbons (Fsp3) is 0.250. The fourth-order valence-electron chi connectivity index (χ4n) is 0.687. The summed E-state index contributed by atoms with van der Waals surface area (Å²) in [5.74, 6) is 0.645. The van der Waals surface area contributed by atoms with Crippen molar-refractivity contribution in [2.45, 2.75) is 0 Å². The summed E-state index contributed by atoms with van der Waals surface area (Å²) >= 11 is 5.62. The van der Waals surface area contributed by atoms with Crippen molar-refractivity contribution in [2.24, 2.45) is 0 Å². The van der Waals surface area contributed by atoms with Gasteiger partial charge in [-0.05, 0) is 24.3 Å². The number of rotatable bonds is 3. The predicted octanol–water partition coefficient (Wildman–Crippen LogP) is 2.69. The van der Waals surface area contributed by atoms with E-state index in [1.165, 1.54) is 0 Å². The summed E-state index contributed by atoms with van der Waals surface area (Å²) in [5, 5.41) is 0.651. The molecule has 0 saturated heterocycles. The van der Waals surface area contributed by atoms with Crippen LogP contribution in [0.5, 0.6) is 5.75 Å². The van der Waals surface area contributed by atoms with Gasteiger partial charge in [-0.15, -0.1) is 0 Å². The van der Waals surface area contributed by atoms with Gasteiger partial charge in [-0.1, -0.05) is 11.6 Å². The van der Waals surface area contributed by atoms with Crippen molar-refractivity contribution in [1.29, 1.82) is 0 Å². The summed E-state index contributed by atoms with van der Waals surface area (Å²) in [6.45, 7) is -0.371. The van der Waals surface area contributed by atoms with Gasteiger partial charge in [0, 0.05) is 5.02 Å². The summed E-state index contributed by atoms with van der Waals surface area (Å²) in [6, 6.07) is 6.82. The van der Waals surface area contributed by atoms with Crippen LogP contribution in [0.3, 0.4) is 0 Å². The van der Waals surface area contributed by atoms with Crippen molar-refractivity contribution in [2.75, 3.05) is 13.3 Å². The molecule has 3 heteroatoms. The maximum atomic E-state index is 11.6. The summed E-state index contributed by atoms with van der Waals surface area (Å²) in [6.07, 6.45) is 0. The second-order valence-electron chi connectivity index (χ2n) is 1.99. The molecule has 60 valence electrons. The monoisotopic (exact) mass is 174 g/mol. The van der Waals surface area contributed by atoms with E-state index in [1.54, 1.807) is 24.3 Å². The zero-order chi connectivity index (χ0) is 8.10. The highest BCUT2D eigenvalue weighted by Gasteiger charge is 1.91. The fourth-order valence-corrected chi connectivity index (χ4v) is 0.813. The number of benzene rings is 1. The van der Waals surface area contributed by atoms with Crippen LogP contribution in [0.4, 0.5) is 4.39 Å². The molecule has 0 unspecified atom stereocenters. The highest BCUT2D eigenvalue weighted by atomic mass is 35.5. The smallest absolute Gasteiger partial charge is 0.123 e. The van der Waals surface area contributed by atoms with Crippen molar-refractivity contribution in [3.8, 4) is 5.75 Å². The van der Waals surface area contributed by atoms with Crippen LogP contribution >= 0.6 is 11.6 Å². The third kappa shape index (κ3) is 2.76. The van der Waals surface area contributed by atoms with E-state index in [1.807, 2.05) is 0 Å². The minimum Gasteiger partial charge on any atom is -0.491 e. The number of halogens is 2. The molecule has 0 aliphatic carbocycles. The largest absolute Gasteiger partial charge is 0.491 e. The molecule has 0 aliphatic heterocycles. The average Bonchev–Trinajstić information content (AvgIpc) is 2.04. The molecule has 1 rings (SSSR count). The highest BCUT2D eigenvalue weighted by molar-refractivity contribution is 6.30. The Balaban J connectivity index is 2.52. The molecule has 0 atom stereocenters. The Morgan fingerprint density at radius 2 is 1.91 bits per heavy atom. The SMILES string of the molecule is FCCOc1ccc(Cl)cc1. The van der Waals surface area contributed by atoms with Gasteiger partial charge in [0.05, 0.1) is 0 Å². The number of alkyl halides is 1. The van der Waals surface area contributed by atoms with E-state index in [4.69, 9.17) is 16.3 Å². The van der Waals surface area contributed by atoms with Gasteiger partial charge in [0.25, 0.3) is 0 Å². The van der Waals surface area contributed by atoms with E-state index >= 15 is 0 Å². The van der Waals surface area contributed by atoms with Gasteiger partial charge in [0.2, 0.25) is 0 Å². The lowest BCUT2D eigenvalue weighted by Gasteiger charge is -2.01. The lowest BCUT2D eigenvalue weighted by molar-refractivity contribution is 0.273. The molecule has 0 aliphatic rings. The Labute approximate surface area is 69.7 Å². The Kier molecular flexibility index (Phi) is 3.17. The Morgan fingerprint density at radius 3 is 2.45 bits per heavy atom. The molecule has 0 bridgehead atoms. The van der Waals surface area contributed by atoms with Crippen LogP contribution < -0.4 is 4.74 Å². The summed E-state index contributed by atoms with van der Waals surface area (Å²) in [4.78, 5) is 0. The van der Waals surface area contributed by atoms with Crippen LogP contribution in [0.25, 0.3) is 0 Å². The van der Waals surface area contributed by atoms with Crippen LogP contribution in [0.2, 0.25) is 5.02 Å². The van der Waals surface area contributed by atoms with Crippen LogP contribution in [-0.4, -0.2) is 13.3 Å². The minimum absolute atomic E-state index is 0.0988. The van der Waals surface area contributed by atoms with Gasteiger partial charge in [-0.3, -0.25) is 0 Å². The van der Waals surface area contributed by atoms with E-state index in [0.29, 0.717) is 10.8 Å². The van der Waals surface area contributed by atoms with Crippen molar-refractivity contribution in [3.05, 3.63) is 29.3 Å². The molecule has 0 saturated carbocycles. The van der Waals surface area contributed by atoms with E-state index in [0.717, 1.165) is 0 Å². The molecule has 0 heterocycles. The molecular formula is C8H8ClFO. The zero-order valence-electron chi connectivity index (χ0n) is 5.89. The molecule has 0 N–H and O–H groups in total. The molecule has 0 aromatic heterocycles. The second kappa shape index (κ2) is 4.19. The van der Waals surface area contributed by atoms with Crippen LogP contribution in [0, 0.1) is 0 Å². The lowest BCUT2D eigenvalue weighted by atomic mass is 10.3. The molecule has 0 spiro atoms. The molecule has 0 radical (unpaired) electrons. The third-order valence-corrected chi connectivity index (χ3v) is 1.41. The van der Waals surface area contributed by atoms with Gasteiger partial charge in [0.1, 0.15) is 19.0 Å². The standard InChI is InChI=1S/C8H8ClFO/c9-7-1-3-8(4-2-7)11-6-5-10/h1-4H,5-6H2. The first-order valence-electron chi connectivity index (χ1n) is 3.27. The van der Waals surface area contributed by atoms with Crippen LogP contribution in [-0.2, 0) is 0 Å². The maximum absolute atomic E-state index is 11.6. The van der Waals surface area contributed by atoms with E-state index in [2.05, 4.69) is 0 Å². The Morgan fingerprint density at radius 1 is 1.27 bits per heavy atom. The number of hydrogen-bond donors (Lipinski definition) is 0. The topological polar surface area (TPSA) is 9.23 Å². The molecular weight excluding hydrogens is 167 g/mol. The second-order valence-corrected chi connectivity index (χ2v) is 2.43. The van der Waals surface area contributed by atoms with Crippen molar-refractivity contribution >= 4 is 11.6 Å². The molecule has 1 nitrogen and oxygen atoms in total. The molecule has 0 amide bonds. The first kappa shape index (κ1) is 8.34. The molecule has 0 fully saturated rings. The van der Waals surface area contributed by atoms with Gasteiger partial charge in [-0.25, -0.2) is 4.39 Å². The third-order valence-electron chi connectivity index (χ3n) is 1.16. The number of hydrogen-bond acceptors (Lipinski definition) is 1. The summed E-state index contributed by atoms with van der Waals surface area (Å²) in [7, 11) is 0. The molecule has 1 aromatic rings. The van der Waals surface area contributed by atoms with E-state index < -0.39 is 6.67 Å². The molecule has 1 aromatic carbocycles. The lowest BCUT2D eigenvalue weighted by Crippen LogP contribution is -1.97. The first-order chi connectivity index (χ1) is 5.33. The van der Waals surface area contributed by atoms with Crippen LogP contribution in [0.1, 0.15) is 0 Å². The normalized spacial score (nSPS) is 9.64. The van der Waals surface area contributed by atoms with Gasteiger partial charge < -0.3 is 4.74 Å². The minimum atomic E-state index is -0.470. The predicted molar refractivity (Wildman–Crippen MR) is 42.9 cm³/mol. The Bertz CT molecular complexity index is 210.